The Morgan fingerprint density at radius 1 is 0.550 bits per heavy atom. The Bertz CT molecular complexity index is 2600. The summed E-state index contributed by atoms with van der Waals surface area (Å²) in [5.41, 5.74) is 8.51. The standard InChI is InChI=1S/2C24H23N5O/c2*1-17-15-28(16-25-17)21-10-8-18(14-22(21)30-2)9-11-23-26-24-20(12-13-29(24)27-23)19-6-4-3-5-7-19/h2*3-11,14-16,20H,12-13H2,1-2H3/b2*11-9+/t2*20-/m10/s1. The summed E-state index contributed by atoms with van der Waals surface area (Å²) in [6.45, 7) is 5.75. The quantitative estimate of drug-likeness (QED) is 0.135. The zero-order valence-electron chi connectivity index (χ0n) is 34.1. The maximum atomic E-state index is 5.60. The van der Waals surface area contributed by atoms with Gasteiger partial charge in [0.15, 0.2) is 11.6 Å². The van der Waals surface area contributed by atoms with E-state index in [4.69, 9.17) is 19.4 Å². The highest BCUT2D eigenvalue weighted by molar-refractivity contribution is 5.70. The minimum absolute atomic E-state index is 0.318. The van der Waals surface area contributed by atoms with E-state index in [1.165, 1.54) is 11.1 Å². The van der Waals surface area contributed by atoms with Gasteiger partial charge in [0.05, 0.1) is 49.6 Å². The second-order valence-corrected chi connectivity index (χ2v) is 15.0. The molecule has 12 nitrogen and oxygen atoms in total. The molecule has 2 aliphatic heterocycles. The molecule has 2 aliphatic rings. The number of rotatable bonds is 10. The lowest BCUT2D eigenvalue weighted by atomic mass is 9.97. The lowest BCUT2D eigenvalue weighted by Gasteiger charge is -2.09. The molecule has 0 N–H and O–H groups in total. The normalized spacial score (nSPS) is 15.6. The molecule has 8 aromatic rings. The maximum Gasteiger partial charge on any atom is 0.174 e. The van der Waals surface area contributed by atoms with Crippen molar-refractivity contribution in [1.82, 2.24) is 48.6 Å². The molecule has 0 bridgehead atoms. The Morgan fingerprint density at radius 2 is 0.983 bits per heavy atom. The fourth-order valence-electron chi connectivity index (χ4n) is 7.96. The number of ether oxygens (including phenoxy) is 2. The Hall–Kier alpha value is -7.34. The molecule has 0 unspecified atom stereocenters. The molecule has 0 saturated heterocycles. The lowest BCUT2D eigenvalue weighted by Crippen LogP contribution is -1.98. The SMILES string of the molecule is COc1cc(/C=C/c2nc3n(n2)CC[C@@H]3c2ccccc2)ccc1-n1cnc(C)c1.COc1cc(/C=C/c2nc3n(n2)CC[C@H]3c2ccccc2)ccc1-n1cnc(C)c1. The van der Waals surface area contributed by atoms with E-state index in [-0.39, 0.29) is 0 Å². The molecule has 2 atom stereocenters. The molecule has 0 radical (unpaired) electrons. The summed E-state index contributed by atoms with van der Waals surface area (Å²) in [5.74, 6) is 5.78. The van der Waals surface area contributed by atoms with Gasteiger partial charge in [-0.3, -0.25) is 0 Å². The predicted molar refractivity (Wildman–Crippen MR) is 233 cm³/mol. The van der Waals surface area contributed by atoms with Crippen molar-refractivity contribution < 1.29 is 9.47 Å². The van der Waals surface area contributed by atoms with Gasteiger partial charge < -0.3 is 18.6 Å². The largest absolute Gasteiger partial charge is 0.495 e. The molecular weight excluding hydrogens is 749 g/mol. The van der Waals surface area contributed by atoms with Crippen LogP contribution in [-0.2, 0) is 13.1 Å². The number of benzene rings is 4. The average Bonchev–Trinajstić information content (AvgIpc) is 4.15. The fourth-order valence-corrected chi connectivity index (χ4v) is 7.96. The minimum atomic E-state index is 0.318. The van der Waals surface area contributed by atoms with E-state index in [2.05, 4.69) is 80.8 Å². The van der Waals surface area contributed by atoms with Gasteiger partial charge in [0.25, 0.3) is 0 Å². The third-order valence-corrected chi connectivity index (χ3v) is 11.0. The van der Waals surface area contributed by atoms with Crippen LogP contribution in [0.25, 0.3) is 35.7 Å². The van der Waals surface area contributed by atoms with Gasteiger partial charge in [-0.05, 0) is 85.4 Å². The fraction of sp³-hybridized carbons (Fsp3) is 0.208. The van der Waals surface area contributed by atoms with Crippen molar-refractivity contribution in [3.63, 3.8) is 0 Å². The number of fused-ring (bicyclic) bond motifs is 2. The van der Waals surface area contributed by atoms with Gasteiger partial charge in [-0.15, -0.1) is 0 Å². The van der Waals surface area contributed by atoms with Gasteiger partial charge in [-0.1, -0.05) is 84.9 Å². The molecule has 60 heavy (non-hydrogen) atoms. The van der Waals surface area contributed by atoms with E-state index in [9.17, 15) is 0 Å². The number of aryl methyl sites for hydroxylation is 4. The summed E-state index contributed by atoms with van der Waals surface area (Å²) in [6.07, 6.45) is 17.6. The number of aromatic nitrogens is 10. The Balaban J connectivity index is 0.000000154. The van der Waals surface area contributed by atoms with Crippen LogP contribution in [0.4, 0.5) is 0 Å². The third kappa shape index (κ3) is 8.04. The van der Waals surface area contributed by atoms with Crippen LogP contribution in [0.5, 0.6) is 11.5 Å². The molecule has 0 aliphatic carbocycles. The zero-order chi connectivity index (χ0) is 41.0. The Kier molecular flexibility index (Phi) is 10.7. The van der Waals surface area contributed by atoms with E-state index < -0.39 is 0 Å². The van der Waals surface area contributed by atoms with Crippen molar-refractivity contribution in [1.29, 1.82) is 0 Å². The van der Waals surface area contributed by atoms with Gasteiger partial charge >= 0.3 is 0 Å². The number of methoxy groups -OCH3 is 2. The monoisotopic (exact) mass is 794 g/mol. The first-order chi connectivity index (χ1) is 29.4. The second kappa shape index (κ2) is 16.9. The molecule has 12 heteroatoms. The van der Waals surface area contributed by atoms with Gasteiger partial charge in [0, 0.05) is 37.3 Å². The van der Waals surface area contributed by atoms with E-state index in [1.54, 1.807) is 26.9 Å². The van der Waals surface area contributed by atoms with Crippen LogP contribution in [0.15, 0.2) is 122 Å². The molecule has 300 valence electrons. The summed E-state index contributed by atoms with van der Waals surface area (Å²) < 4.78 is 19.2. The molecule has 6 heterocycles. The molecule has 0 fully saturated rings. The number of imidazole rings is 2. The summed E-state index contributed by atoms with van der Waals surface area (Å²) in [7, 11) is 3.36. The van der Waals surface area contributed by atoms with Crippen LogP contribution in [0.3, 0.4) is 0 Å². The summed E-state index contributed by atoms with van der Waals surface area (Å²) in [4.78, 5) is 18.2. The van der Waals surface area contributed by atoms with Gasteiger partial charge in [-0.25, -0.2) is 29.3 Å². The molecular formula is C48H46N10O2. The third-order valence-electron chi connectivity index (χ3n) is 11.0. The Morgan fingerprint density at radius 3 is 1.37 bits per heavy atom. The smallest absolute Gasteiger partial charge is 0.174 e. The Labute approximate surface area is 349 Å². The number of hydrogen-bond donors (Lipinski definition) is 0. The van der Waals surface area contributed by atoms with E-state index in [0.29, 0.717) is 11.8 Å². The van der Waals surface area contributed by atoms with E-state index in [1.807, 2.05) is 105 Å². The minimum Gasteiger partial charge on any atom is -0.495 e. The van der Waals surface area contributed by atoms with Crippen LogP contribution in [0.1, 0.15) is 81.6 Å². The van der Waals surface area contributed by atoms with E-state index >= 15 is 0 Å². The zero-order valence-corrected chi connectivity index (χ0v) is 34.1. The molecule has 4 aromatic heterocycles. The summed E-state index contributed by atoms with van der Waals surface area (Å²) in [6, 6.07) is 33.3. The highest BCUT2D eigenvalue weighted by Gasteiger charge is 2.28. The second-order valence-electron chi connectivity index (χ2n) is 15.0. The van der Waals surface area contributed by atoms with E-state index in [0.717, 1.165) is 94.6 Å². The number of hydrogen-bond acceptors (Lipinski definition) is 8. The first-order valence-electron chi connectivity index (χ1n) is 20.2. The molecule has 0 spiro atoms. The first-order valence-corrected chi connectivity index (χ1v) is 20.2. The summed E-state index contributed by atoms with van der Waals surface area (Å²) in [5, 5.41) is 9.33. The van der Waals surface area contributed by atoms with Crippen molar-refractivity contribution in [2.24, 2.45) is 0 Å². The van der Waals surface area contributed by atoms with Crippen molar-refractivity contribution >= 4 is 24.3 Å². The van der Waals surface area contributed by atoms with Crippen LogP contribution in [0, 0.1) is 13.8 Å². The average molecular weight is 795 g/mol. The van der Waals surface area contributed by atoms with Gasteiger partial charge in [0.2, 0.25) is 0 Å². The van der Waals surface area contributed by atoms with Gasteiger partial charge in [-0.2, -0.15) is 10.2 Å². The topological polar surface area (TPSA) is 116 Å². The molecule has 0 saturated carbocycles. The molecule has 0 amide bonds. The van der Waals surface area contributed by atoms with Crippen molar-refractivity contribution in [2.75, 3.05) is 14.2 Å². The van der Waals surface area contributed by atoms with Crippen LogP contribution < -0.4 is 9.47 Å². The van der Waals surface area contributed by atoms with Crippen LogP contribution >= 0.6 is 0 Å². The lowest BCUT2D eigenvalue weighted by molar-refractivity contribution is 0.412. The van der Waals surface area contributed by atoms with Crippen LogP contribution in [0.2, 0.25) is 0 Å². The highest BCUT2D eigenvalue weighted by atomic mass is 16.5. The van der Waals surface area contributed by atoms with Crippen molar-refractivity contribution in [3.8, 4) is 22.9 Å². The summed E-state index contributed by atoms with van der Waals surface area (Å²) >= 11 is 0. The molecule has 4 aromatic carbocycles. The highest BCUT2D eigenvalue weighted by Crippen LogP contribution is 2.34. The first kappa shape index (κ1) is 38.2. The van der Waals surface area contributed by atoms with Gasteiger partial charge in [0.1, 0.15) is 23.1 Å². The predicted octanol–water partition coefficient (Wildman–Crippen LogP) is 8.97. The van der Waals surface area contributed by atoms with Crippen LogP contribution in [-0.4, -0.2) is 62.9 Å². The molecule has 10 rings (SSSR count). The van der Waals surface area contributed by atoms with Crippen molar-refractivity contribution in [3.05, 3.63) is 179 Å². The number of nitrogens with zero attached hydrogens (tertiary/aromatic N) is 10. The maximum absolute atomic E-state index is 5.60. The van der Waals surface area contributed by atoms with Crippen molar-refractivity contribution in [2.45, 2.75) is 51.6 Å².